The smallest absolute Gasteiger partial charge is 0.376 e. The Balaban J connectivity index is 2.07. The van der Waals surface area contributed by atoms with Crippen molar-refractivity contribution in [1.82, 2.24) is 9.97 Å². The van der Waals surface area contributed by atoms with Crippen LogP contribution in [0, 0.1) is 6.92 Å². The van der Waals surface area contributed by atoms with Crippen LogP contribution >= 0.6 is 11.6 Å². The maximum absolute atomic E-state index is 12.0. The Hall–Kier alpha value is -2.66. The fourth-order valence-corrected chi connectivity index (χ4v) is 2.45. The molecule has 0 bridgehead atoms. The summed E-state index contributed by atoms with van der Waals surface area (Å²) in [5.74, 6) is 0.00747. The summed E-state index contributed by atoms with van der Waals surface area (Å²) >= 11 is 6.17. The van der Waals surface area contributed by atoms with Gasteiger partial charge in [-0.2, -0.15) is 0 Å². The lowest BCUT2D eigenvalue weighted by Crippen LogP contribution is -2.11. The van der Waals surface area contributed by atoms with Crippen LogP contribution in [0.1, 0.15) is 23.1 Å². The molecule has 0 unspecified atom stereocenters. The van der Waals surface area contributed by atoms with Crippen molar-refractivity contribution in [2.75, 3.05) is 11.9 Å². The van der Waals surface area contributed by atoms with Gasteiger partial charge in [0.1, 0.15) is 5.82 Å². The zero-order valence-corrected chi connectivity index (χ0v) is 14.1. The van der Waals surface area contributed by atoms with Crippen LogP contribution in [0.2, 0.25) is 5.02 Å². The number of benzene rings is 2. The van der Waals surface area contributed by atoms with E-state index in [1.54, 1.807) is 6.92 Å². The minimum absolute atomic E-state index is 0.0243. The summed E-state index contributed by atoms with van der Waals surface area (Å²) in [6.07, 6.45) is 0. The average Bonchev–Trinajstić information content (AvgIpc) is 2.58. The van der Waals surface area contributed by atoms with Gasteiger partial charge in [0, 0.05) is 16.1 Å². The number of para-hydroxylation sites is 1. The van der Waals surface area contributed by atoms with Gasteiger partial charge in [-0.05, 0) is 43.7 Å². The maximum Gasteiger partial charge on any atom is 0.376 e. The molecule has 2 aromatic carbocycles. The minimum atomic E-state index is -0.548. The van der Waals surface area contributed by atoms with Crippen molar-refractivity contribution in [1.29, 1.82) is 0 Å². The molecule has 0 saturated carbocycles. The second kappa shape index (κ2) is 6.84. The van der Waals surface area contributed by atoms with E-state index < -0.39 is 5.97 Å². The highest BCUT2D eigenvalue weighted by atomic mass is 35.5. The molecule has 0 fully saturated rings. The van der Waals surface area contributed by atoms with Crippen molar-refractivity contribution in [2.45, 2.75) is 13.8 Å². The Morgan fingerprint density at radius 3 is 2.75 bits per heavy atom. The fourth-order valence-electron chi connectivity index (χ4n) is 2.27. The molecule has 122 valence electrons. The van der Waals surface area contributed by atoms with E-state index in [4.69, 9.17) is 16.3 Å². The van der Waals surface area contributed by atoms with E-state index in [0.717, 1.165) is 16.6 Å². The normalized spacial score (nSPS) is 10.6. The van der Waals surface area contributed by atoms with Crippen LogP contribution in [0.15, 0.2) is 42.5 Å². The minimum Gasteiger partial charge on any atom is -0.460 e. The summed E-state index contributed by atoms with van der Waals surface area (Å²) in [5, 5.41) is 4.67. The Morgan fingerprint density at radius 1 is 1.21 bits per heavy atom. The van der Waals surface area contributed by atoms with E-state index in [-0.39, 0.29) is 12.4 Å². The number of carbonyl (C=O) groups is 1. The van der Waals surface area contributed by atoms with Gasteiger partial charge in [-0.15, -0.1) is 0 Å². The first-order valence-corrected chi connectivity index (χ1v) is 7.93. The van der Waals surface area contributed by atoms with Gasteiger partial charge in [0.15, 0.2) is 0 Å². The fraction of sp³-hybridized carbons (Fsp3) is 0.167. The van der Waals surface area contributed by atoms with Crippen LogP contribution in [0.25, 0.3) is 10.9 Å². The van der Waals surface area contributed by atoms with Crippen molar-refractivity contribution in [2.24, 2.45) is 0 Å². The van der Waals surface area contributed by atoms with Crippen LogP contribution in [0.4, 0.5) is 11.5 Å². The number of anilines is 2. The number of aryl methyl sites for hydroxylation is 1. The third kappa shape index (κ3) is 3.31. The highest BCUT2D eigenvalue weighted by molar-refractivity contribution is 6.31. The van der Waals surface area contributed by atoms with Gasteiger partial charge in [-0.3, -0.25) is 0 Å². The van der Waals surface area contributed by atoms with Gasteiger partial charge in [0.2, 0.25) is 5.82 Å². The number of fused-ring (bicyclic) bond motifs is 1. The van der Waals surface area contributed by atoms with Crippen molar-refractivity contribution in [3.8, 4) is 0 Å². The highest BCUT2D eigenvalue weighted by Gasteiger charge is 2.15. The number of esters is 1. The van der Waals surface area contributed by atoms with Gasteiger partial charge in [-0.25, -0.2) is 14.8 Å². The van der Waals surface area contributed by atoms with Crippen LogP contribution in [-0.4, -0.2) is 22.5 Å². The SMILES string of the molecule is CCOC(=O)c1nc(Nc2ccc(C)c(Cl)c2)c2ccccc2n1. The van der Waals surface area contributed by atoms with E-state index in [0.29, 0.717) is 16.4 Å². The molecule has 0 spiro atoms. The zero-order valence-electron chi connectivity index (χ0n) is 13.3. The van der Waals surface area contributed by atoms with E-state index >= 15 is 0 Å². The Kier molecular flexibility index (Phi) is 4.62. The van der Waals surface area contributed by atoms with Crippen LogP contribution in [0.5, 0.6) is 0 Å². The van der Waals surface area contributed by atoms with Gasteiger partial charge in [0.25, 0.3) is 0 Å². The van der Waals surface area contributed by atoms with Crippen LogP contribution < -0.4 is 5.32 Å². The largest absolute Gasteiger partial charge is 0.460 e. The lowest BCUT2D eigenvalue weighted by Gasteiger charge is -2.11. The van der Waals surface area contributed by atoms with E-state index in [2.05, 4.69) is 15.3 Å². The van der Waals surface area contributed by atoms with Crippen molar-refractivity contribution in [3.63, 3.8) is 0 Å². The molecule has 0 amide bonds. The lowest BCUT2D eigenvalue weighted by atomic mass is 10.2. The molecule has 0 aliphatic heterocycles. The van der Waals surface area contributed by atoms with Gasteiger partial charge >= 0.3 is 5.97 Å². The second-order valence-corrected chi connectivity index (χ2v) is 5.63. The van der Waals surface area contributed by atoms with Crippen molar-refractivity contribution >= 4 is 40.0 Å². The molecule has 0 radical (unpaired) electrons. The Labute approximate surface area is 144 Å². The summed E-state index contributed by atoms with van der Waals surface area (Å²) in [6, 6.07) is 13.1. The number of carbonyl (C=O) groups excluding carboxylic acids is 1. The molecule has 0 aliphatic rings. The van der Waals surface area contributed by atoms with E-state index in [1.807, 2.05) is 49.4 Å². The number of halogens is 1. The quantitative estimate of drug-likeness (QED) is 0.707. The van der Waals surface area contributed by atoms with Gasteiger partial charge in [-0.1, -0.05) is 29.8 Å². The first-order valence-electron chi connectivity index (χ1n) is 7.55. The first kappa shape index (κ1) is 16.2. The molecule has 1 heterocycles. The van der Waals surface area contributed by atoms with Crippen LogP contribution in [-0.2, 0) is 4.74 Å². The average molecular weight is 342 g/mol. The van der Waals surface area contributed by atoms with E-state index in [1.165, 1.54) is 0 Å². The lowest BCUT2D eigenvalue weighted by molar-refractivity contribution is 0.0512. The molecule has 3 aromatic rings. The molecule has 0 saturated heterocycles. The van der Waals surface area contributed by atoms with Gasteiger partial charge < -0.3 is 10.1 Å². The van der Waals surface area contributed by atoms with Crippen molar-refractivity contribution < 1.29 is 9.53 Å². The second-order valence-electron chi connectivity index (χ2n) is 5.22. The zero-order chi connectivity index (χ0) is 17.1. The third-order valence-corrected chi connectivity index (χ3v) is 3.90. The van der Waals surface area contributed by atoms with Crippen molar-refractivity contribution in [3.05, 3.63) is 58.9 Å². The summed E-state index contributed by atoms with van der Waals surface area (Å²) in [6.45, 7) is 3.95. The molecular weight excluding hydrogens is 326 g/mol. The predicted octanol–water partition coefficient (Wildman–Crippen LogP) is 4.51. The number of nitrogens with one attached hydrogen (secondary N) is 1. The molecular formula is C18H16ClN3O2. The third-order valence-electron chi connectivity index (χ3n) is 3.50. The molecule has 5 nitrogen and oxygen atoms in total. The molecule has 24 heavy (non-hydrogen) atoms. The number of nitrogens with zero attached hydrogens (tertiary/aromatic N) is 2. The standard InChI is InChI=1S/C18H16ClN3O2/c1-3-24-18(23)17-21-15-7-5-4-6-13(15)16(22-17)20-12-9-8-11(2)14(19)10-12/h4-10H,3H2,1-2H3,(H,20,21,22). The number of hydrogen-bond acceptors (Lipinski definition) is 5. The van der Waals surface area contributed by atoms with Gasteiger partial charge in [0.05, 0.1) is 12.1 Å². The highest BCUT2D eigenvalue weighted by Crippen LogP contribution is 2.26. The monoisotopic (exact) mass is 341 g/mol. The Bertz CT molecular complexity index is 912. The maximum atomic E-state index is 12.0. The number of ether oxygens (including phenoxy) is 1. The van der Waals surface area contributed by atoms with E-state index in [9.17, 15) is 4.79 Å². The predicted molar refractivity (Wildman–Crippen MR) is 95.0 cm³/mol. The summed E-state index contributed by atoms with van der Waals surface area (Å²) in [4.78, 5) is 20.6. The molecule has 1 N–H and O–H groups in total. The molecule has 0 aliphatic carbocycles. The summed E-state index contributed by atoms with van der Waals surface area (Å²) in [5.41, 5.74) is 2.43. The molecule has 6 heteroatoms. The van der Waals surface area contributed by atoms with Crippen LogP contribution in [0.3, 0.4) is 0 Å². The first-order chi connectivity index (χ1) is 11.6. The molecule has 0 atom stereocenters. The topological polar surface area (TPSA) is 64.1 Å². The number of rotatable bonds is 4. The Morgan fingerprint density at radius 2 is 2.00 bits per heavy atom. The summed E-state index contributed by atoms with van der Waals surface area (Å²) in [7, 11) is 0. The molecule has 3 rings (SSSR count). The number of aromatic nitrogens is 2. The molecule has 1 aromatic heterocycles. The number of hydrogen-bond donors (Lipinski definition) is 1. The summed E-state index contributed by atoms with van der Waals surface area (Å²) < 4.78 is 5.00.